The first-order valence-electron chi connectivity index (χ1n) is 8.41. The summed E-state index contributed by atoms with van der Waals surface area (Å²) in [6.45, 7) is 4.38. The molecule has 1 heterocycles. The molecule has 1 fully saturated rings. The van der Waals surface area contributed by atoms with Crippen molar-refractivity contribution in [2.75, 3.05) is 18.8 Å². The highest BCUT2D eigenvalue weighted by Crippen LogP contribution is 2.31. The summed E-state index contributed by atoms with van der Waals surface area (Å²) in [5.41, 5.74) is 7.35. The Bertz CT molecular complexity index is 838. The van der Waals surface area contributed by atoms with Gasteiger partial charge in [0.1, 0.15) is 11.8 Å². The zero-order valence-corrected chi connectivity index (χ0v) is 14.7. The highest BCUT2D eigenvalue weighted by atomic mass is 16.6. The van der Waals surface area contributed by atoms with Crippen LogP contribution in [0.15, 0.2) is 42.5 Å². The Morgan fingerprint density at radius 2 is 1.96 bits per heavy atom. The zero-order valence-electron chi connectivity index (χ0n) is 14.7. The van der Waals surface area contributed by atoms with Crippen molar-refractivity contribution in [3.8, 4) is 0 Å². The van der Waals surface area contributed by atoms with Gasteiger partial charge in [-0.15, -0.1) is 0 Å². The summed E-state index contributed by atoms with van der Waals surface area (Å²) < 4.78 is 5.97. The van der Waals surface area contributed by atoms with Crippen LogP contribution in [0.4, 0.5) is 11.4 Å². The molecule has 1 aliphatic rings. The van der Waals surface area contributed by atoms with Crippen molar-refractivity contribution < 1.29 is 14.5 Å². The van der Waals surface area contributed by atoms with E-state index in [-0.39, 0.29) is 35.1 Å². The van der Waals surface area contributed by atoms with E-state index in [0.29, 0.717) is 18.7 Å². The number of carbonyl (C=O) groups excluding carboxylic acids is 1. The van der Waals surface area contributed by atoms with Gasteiger partial charge in [0.05, 0.1) is 23.1 Å². The van der Waals surface area contributed by atoms with E-state index < -0.39 is 4.92 Å². The maximum absolute atomic E-state index is 13.0. The number of nitrogens with zero attached hydrogens (tertiary/aromatic N) is 2. The van der Waals surface area contributed by atoms with Gasteiger partial charge in [-0.3, -0.25) is 14.9 Å². The SMILES string of the molecule is Cc1cc(C(=O)N2CC(C)OC(c3ccccc3)C2)c(N)c([N+](=O)[O-])c1. The lowest BCUT2D eigenvalue weighted by Crippen LogP contribution is -2.46. The molecule has 0 aliphatic carbocycles. The molecule has 0 saturated carbocycles. The standard InChI is InChI=1S/C19H21N3O4/c1-12-8-15(18(20)16(9-12)22(24)25)19(23)21-10-13(2)26-17(11-21)14-6-4-3-5-7-14/h3-9,13,17H,10-11,20H2,1-2H3. The van der Waals surface area contributed by atoms with Gasteiger partial charge >= 0.3 is 0 Å². The fourth-order valence-electron chi connectivity index (χ4n) is 3.25. The topological polar surface area (TPSA) is 98.7 Å². The summed E-state index contributed by atoms with van der Waals surface area (Å²) in [7, 11) is 0. The number of ether oxygens (including phenoxy) is 1. The first-order chi connectivity index (χ1) is 12.4. The minimum absolute atomic E-state index is 0.0963. The number of benzene rings is 2. The van der Waals surface area contributed by atoms with Gasteiger partial charge < -0.3 is 15.4 Å². The van der Waals surface area contributed by atoms with Crippen molar-refractivity contribution in [1.29, 1.82) is 0 Å². The van der Waals surface area contributed by atoms with Crippen LogP contribution in [0.5, 0.6) is 0 Å². The molecular weight excluding hydrogens is 334 g/mol. The van der Waals surface area contributed by atoms with Crippen molar-refractivity contribution in [1.82, 2.24) is 4.90 Å². The third-order valence-electron chi connectivity index (χ3n) is 4.45. The Hall–Kier alpha value is -2.93. The molecule has 3 rings (SSSR count). The van der Waals surface area contributed by atoms with Gasteiger partial charge in [-0.05, 0) is 31.0 Å². The highest BCUT2D eigenvalue weighted by Gasteiger charge is 2.32. The number of nitrogen functional groups attached to an aromatic ring is 1. The molecule has 1 amide bonds. The van der Waals surface area contributed by atoms with E-state index in [9.17, 15) is 14.9 Å². The number of rotatable bonds is 3. The van der Waals surface area contributed by atoms with E-state index in [0.717, 1.165) is 5.56 Å². The second-order valence-electron chi connectivity index (χ2n) is 6.56. The molecule has 2 aromatic carbocycles. The smallest absolute Gasteiger partial charge is 0.293 e. The van der Waals surface area contributed by atoms with Gasteiger partial charge in [0.15, 0.2) is 0 Å². The number of hydrogen-bond donors (Lipinski definition) is 1. The van der Waals surface area contributed by atoms with Gasteiger partial charge in [-0.25, -0.2) is 0 Å². The number of hydrogen-bond acceptors (Lipinski definition) is 5. The first-order valence-corrected chi connectivity index (χ1v) is 8.41. The molecule has 0 spiro atoms. The quantitative estimate of drug-likeness (QED) is 0.518. The molecule has 26 heavy (non-hydrogen) atoms. The molecule has 2 N–H and O–H groups in total. The summed E-state index contributed by atoms with van der Waals surface area (Å²) in [6, 6.07) is 12.7. The Labute approximate surface area is 151 Å². The Balaban J connectivity index is 1.91. The van der Waals surface area contributed by atoms with E-state index in [1.807, 2.05) is 37.3 Å². The van der Waals surface area contributed by atoms with Crippen LogP contribution in [0, 0.1) is 17.0 Å². The lowest BCUT2D eigenvalue weighted by Gasteiger charge is -2.37. The Kier molecular flexibility index (Phi) is 4.90. The van der Waals surface area contributed by atoms with Gasteiger partial charge in [-0.2, -0.15) is 0 Å². The predicted octanol–water partition coefficient (Wildman–Crippen LogP) is 3.09. The molecule has 0 bridgehead atoms. The fraction of sp³-hybridized carbons (Fsp3) is 0.316. The van der Waals surface area contributed by atoms with Crippen molar-refractivity contribution in [2.45, 2.75) is 26.1 Å². The molecule has 2 atom stereocenters. The maximum atomic E-state index is 13.0. The van der Waals surface area contributed by atoms with Crippen molar-refractivity contribution >= 4 is 17.3 Å². The minimum atomic E-state index is -0.562. The number of aryl methyl sites for hydroxylation is 1. The second kappa shape index (κ2) is 7.13. The first kappa shape index (κ1) is 17.9. The lowest BCUT2D eigenvalue weighted by molar-refractivity contribution is -0.384. The molecule has 136 valence electrons. The average molecular weight is 355 g/mol. The van der Waals surface area contributed by atoms with Gasteiger partial charge in [0.2, 0.25) is 0 Å². The number of nitro groups is 1. The molecule has 0 radical (unpaired) electrons. The zero-order chi connectivity index (χ0) is 18.8. The third-order valence-corrected chi connectivity index (χ3v) is 4.45. The number of amides is 1. The van der Waals surface area contributed by atoms with Gasteiger partial charge in [0, 0.05) is 12.6 Å². The number of nitrogens with two attached hydrogens (primary N) is 1. The normalized spacial score (nSPS) is 20.0. The maximum Gasteiger partial charge on any atom is 0.293 e. The van der Waals surface area contributed by atoms with Gasteiger partial charge in [-0.1, -0.05) is 30.3 Å². The van der Waals surface area contributed by atoms with Crippen LogP contribution in [-0.2, 0) is 4.74 Å². The van der Waals surface area contributed by atoms with E-state index in [2.05, 4.69) is 0 Å². The molecule has 2 aromatic rings. The molecule has 1 aliphatic heterocycles. The molecule has 1 saturated heterocycles. The third kappa shape index (κ3) is 3.52. The van der Waals surface area contributed by atoms with Crippen LogP contribution in [0.25, 0.3) is 0 Å². The van der Waals surface area contributed by atoms with Crippen molar-refractivity contribution in [2.24, 2.45) is 0 Å². The van der Waals surface area contributed by atoms with E-state index in [4.69, 9.17) is 10.5 Å². The van der Waals surface area contributed by atoms with E-state index >= 15 is 0 Å². The van der Waals surface area contributed by atoms with Crippen LogP contribution in [0.3, 0.4) is 0 Å². The van der Waals surface area contributed by atoms with E-state index in [1.54, 1.807) is 17.9 Å². The Morgan fingerprint density at radius 1 is 1.27 bits per heavy atom. The predicted molar refractivity (Wildman–Crippen MR) is 97.9 cm³/mol. The molecule has 0 aromatic heterocycles. The van der Waals surface area contributed by atoms with Crippen LogP contribution in [0.2, 0.25) is 0 Å². The van der Waals surface area contributed by atoms with Gasteiger partial charge in [0.25, 0.3) is 11.6 Å². The second-order valence-corrected chi connectivity index (χ2v) is 6.56. The molecule has 2 unspecified atom stereocenters. The highest BCUT2D eigenvalue weighted by molar-refractivity contribution is 6.01. The van der Waals surface area contributed by atoms with Crippen LogP contribution < -0.4 is 5.73 Å². The summed E-state index contributed by atoms with van der Waals surface area (Å²) in [4.78, 5) is 25.3. The summed E-state index contributed by atoms with van der Waals surface area (Å²) >= 11 is 0. The largest absolute Gasteiger partial charge is 0.393 e. The number of nitro benzene ring substituents is 1. The lowest BCUT2D eigenvalue weighted by atomic mass is 10.0. The number of morpholine rings is 1. The Morgan fingerprint density at radius 3 is 2.62 bits per heavy atom. The molecule has 7 heteroatoms. The van der Waals surface area contributed by atoms with Crippen molar-refractivity contribution in [3.05, 3.63) is 69.3 Å². The summed E-state index contributed by atoms with van der Waals surface area (Å²) in [6.07, 6.45) is -0.399. The monoisotopic (exact) mass is 355 g/mol. The van der Waals surface area contributed by atoms with Crippen LogP contribution in [-0.4, -0.2) is 34.9 Å². The fourth-order valence-corrected chi connectivity index (χ4v) is 3.25. The number of carbonyl (C=O) groups is 1. The average Bonchev–Trinajstić information content (AvgIpc) is 2.62. The minimum Gasteiger partial charge on any atom is -0.393 e. The summed E-state index contributed by atoms with van der Waals surface area (Å²) in [5, 5.41) is 11.2. The molecular formula is C19H21N3O4. The van der Waals surface area contributed by atoms with Crippen LogP contribution in [0.1, 0.15) is 34.5 Å². The molecule has 7 nitrogen and oxygen atoms in total. The summed E-state index contributed by atoms with van der Waals surface area (Å²) in [5.74, 6) is -0.314. The van der Waals surface area contributed by atoms with Crippen LogP contribution >= 0.6 is 0 Å². The van der Waals surface area contributed by atoms with E-state index in [1.165, 1.54) is 6.07 Å². The van der Waals surface area contributed by atoms with Crippen molar-refractivity contribution in [3.63, 3.8) is 0 Å². The number of anilines is 1.